The molecule has 12 heteroatoms. The molecule has 0 bridgehead atoms. The van der Waals surface area contributed by atoms with Gasteiger partial charge in [-0.15, -0.1) is 0 Å². The molecule has 6 nitrogen and oxygen atoms in total. The highest BCUT2D eigenvalue weighted by molar-refractivity contribution is 6.09. The molecule has 0 fully saturated rings. The van der Waals surface area contributed by atoms with Gasteiger partial charge < -0.3 is 9.47 Å². The standard InChI is InChI=1S/C25H19F6N5O/c1-15-13-34(18-9-7-17(8-10-18)24(26,27)28)22(37)21-19(11-33-36(15)21)20-12-32-23(25(29,30)31)35(20)14-16-5-3-2-4-6-16/h2-12,15H,13-14H2,1H3/t15-/m0/s1. The van der Waals surface area contributed by atoms with Gasteiger partial charge in [0.2, 0.25) is 5.82 Å². The maximum Gasteiger partial charge on any atom is 0.449 e. The minimum Gasteiger partial charge on any atom is -0.316 e. The van der Waals surface area contributed by atoms with Crippen molar-refractivity contribution in [3.05, 3.63) is 89.6 Å². The molecule has 0 spiro atoms. The quantitative estimate of drug-likeness (QED) is 0.309. The first-order chi connectivity index (χ1) is 17.4. The lowest BCUT2D eigenvalue weighted by atomic mass is 10.1. The lowest BCUT2D eigenvalue weighted by Gasteiger charge is -2.32. The number of aromatic nitrogens is 4. The molecular formula is C25H19F6N5O. The number of anilines is 1. The van der Waals surface area contributed by atoms with Crippen LogP contribution in [0.4, 0.5) is 32.0 Å². The first-order valence-electron chi connectivity index (χ1n) is 11.2. The Kier molecular flexibility index (Phi) is 5.84. The zero-order chi connectivity index (χ0) is 26.5. The third kappa shape index (κ3) is 4.47. The summed E-state index contributed by atoms with van der Waals surface area (Å²) in [4.78, 5) is 18.5. The summed E-state index contributed by atoms with van der Waals surface area (Å²) < 4.78 is 82.9. The number of rotatable bonds is 4. The Bertz CT molecular complexity index is 1440. The fourth-order valence-corrected chi connectivity index (χ4v) is 4.45. The van der Waals surface area contributed by atoms with Crippen LogP contribution in [0.5, 0.6) is 0 Å². The molecule has 0 radical (unpaired) electrons. The molecular weight excluding hydrogens is 500 g/mol. The van der Waals surface area contributed by atoms with Crippen LogP contribution in [0.15, 0.2) is 67.0 Å². The fourth-order valence-electron chi connectivity index (χ4n) is 4.45. The largest absolute Gasteiger partial charge is 0.449 e. The summed E-state index contributed by atoms with van der Waals surface area (Å²) in [5.41, 5.74) is 0.196. The van der Waals surface area contributed by atoms with Gasteiger partial charge in [-0.2, -0.15) is 31.4 Å². The number of halogens is 6. The monoisotopic (exact) mass is 519 g/mol. The van der Waals surface area contributed by atoms with Gasteiger partial charge in [0, 0.05) is 18.8 Å². The van der Waals surface area contributed by atoms with Gasteiger partial charge in [0.15, 0.2) is 0 Å². The van der Waals surface area contributed by atoms with E-state index >= 15 is 0 Å². The molecule has 2 aromatic heterocycles. The van der Waals surface area contributed by atoms with Crippen LogP contribution in [-0.2, 0) is 18.9 Å². The predicted molar refractivity (Wildman–Crippen MR) is 122 cm³/mol. The summed E-state index contributed by atoms with van der Waals surface area (Å²) in [6.07, 6.45) is -6.90. The first-order valence-corrected chi connectivity index (χ1v) is 11.2. The van der Waals surface area contributed by atoms with Crippen molar-refractivity contribution in [1.29, 1.82) is 0 Å². The zero-order valence-electron chi connectivity index (χ0n) is 19.3. The zero-order valence-corrected chi connectivity index (χ0v) is 19.3. The average Bonchev–Trinajstić information content (AvgIpc) is 3.46. The van der Waals surface area contributed by atoms with Crippen molar-refractivity contribution in [2.24, 2.45) is 0 Å². The van der Waals surface area contributed by atoms with Crippen LogP contribution in [0.3, 0.4) is 0 Å². The van der Waals surface area contributed by atoms with Crippen molar-refractivity contribution in [3.63, 3.8) is 0 Å². The summed E-state index contributed by atoms with van der Waals surface area (Å²) in [6, 6.07) is 12.3. The first kappa shape index (κ1) is 24.6. The molecule has 0 unspecified atom stereocenters. The Morgan fingerprint density at radius 1 is 0.919 bits per heavy atom. The summed E-state index contributed by atoms with van der Waals surface area (Å²) in [6.45, 7) is 1.73. The van der Waals surface area contributed by atoms with Crippen molar-refractivity contribution in [2.45, 2.75) is 31.9 Å². The van der Waals surface area contributed by atoms with E-state index in [0.717, 1.165) is 22.9 Å². The number of hydrogen-bond donors (Lipinski definition) is 0. The molecule has 2 aromatic carbocycles. The van der Waals surface area contributed by atoms with E-state index in [4.69, 9.17) is 0 Å². The lowest BCUT2D eigenvalue weighted by molar-refractivity contribution is -0.147. The minimum atomic E-state index is -4.75. The van der Waals surface area contributed by atoms with Gasteiger partial charge in [-0.05, 0) is 36.8 Å². The molecule has 5 rings (SSSR count). The van der Waals surface area contributed by atoms with E-state index in [1.165, 1.54) is 27.9 Å². The summed E-state index contributed by atoms with van der Waals surface area (Å²) in [5, 5.41) is 4.26. The smallest absolute Gasteiger partial charge is 0.316 e. The SMILES string of the molecule is C[C@H]1CN(c2ccc(C(F)(F)F)cc2)C(=O)c2c(-c3cnc(C(F)(F)F)n3Cc3ccccc3)cnn21. The topological polar surface area (TPSA) is 56.0 Å². The van der Waals surface area contributed by atoms with E-state index in [-0.39, 0.29) is 35.7 Å². The highest BCUT2D eigenvalue weighted by Crippen LogP contribution is 2.37. The fraction of sp³-hybridized carbons (Fsp3) is 0.240. The van der Waals surface area contributed by atoms with E-state index in [2.05, 4.69) is 10.1 Å². The third-order valence-corrected chi connectivity index (χ3v) is 6.18. The molecule has 1 amide bonds. The second-order valence-corrected chi connectivity index (χ2v) is 8.70. The van der Waals surface area contributed by atoms with Crippen LogP contribution >= 0.6 is 0 Å². The molecule has 0 saturated heterocycles. The van der Waals surface area contributed by atoms with E-state index in [1.54, 1.807) is 37.3 Å². The molecule has 0 N–H and O–H groups in total. The molecule has 4 aromatic rings. The number of hydrogen-bond acceptors (Lipinski definition) is 3. The van der Waals surface area contributed by atoms with Crippen LogP contribution in [0.1, 0.15) is 40.4 Å². The Hall–Kier alpha value is -4.09. The summed E-state index contributed by atoms with van der Waals surface area (Å²) >= 11 is 0. The van der Waals surface area contributed by atoms with Gasteiger partial charge in [0.1, 0.15) is 5.69 Å². The average molecular weight is 519 g/mol. The summed E-state index contributed by atoms with van der Waals surface area (Å²) in [7, 11) is 0. The number of carbonyl (C=O) groups excluding carboxylic acids is 1. The highest BCUT2D eigenvalue weighted by atomic mass is 19.4. The van der Waals surface area contributed by atoms with E-state index in [9.17, 15) is 31.1 Å². The second-order valence-electron chi connectivity index (χ2n) is 8.70. The molecule has 37 heavy (non-hydrogen) atoms. The van der Waals surface area contributed by atoms with Gasteiger partial charge in [0.25, 0.3) is 5.91 Å². The molecule has 0 saturated carbocycles. The van der Waals surface area contributed by atoms with Crippen molar-refractivity contribution in [2.75, 3.05) is 11.4 Å². The van der Waals surface area contributed by atoms with Gasteiger partial charge in [-0.1, -0.05) is 30.3 Å². The van der Waals surface area contributed by atoms with Crippen LogP contribution < -0.4 is 4.90 Å². The number of imidazole rings is 1. The highest BCUT2D eigenvalue weighted by Gasteiger charge is 2.40. The van der Waals surface area contributed by atoms with Crippen LogP contribution in [0, 0.1) is 0 Å². The van der Waals surface area contributed by atoms with Crippen molar-refractivity contribution in [1.82, 2.24) is 19.3 Å². The van der Waals surface area contributed by atoms with Crippen molar-refractivity contribution in [3.8, 4) is 11.3 Å². The van der Waals surface area contributed by atoms with E-state index < -0.39 is 35.7 Å². The number of alkyl halides is 6. The number of carbonyl (C=O) groups is 1. The number of benzene rings is 2. The Morgan fingerprint density at radius 3 is 2.22 bits per heavy atom. The van der Waals surface area contributed by atoms with E-state index in [1.807, 2.05) is 0 Å². The normalized spacial score (nSPS) is 16.2. The number of fused-ring (bicyclic) bond motifs is 1. The second kappa shape index (κ2) is 8.79. The van der Waals surface area contributed by atoms with Crippen LogP contribution in [-0.4, -0.2) is 31.8 Å². The predicted octanol–water partition coefficient (Wildman–Crippen LogP) is 6.05. The van der Waals surface area contributed by atoms with Gasteiger partial charge in [0.05, 0.1) is 35.3 Å². The van der Waals surface area contributed by atoms with Crippen LogP contribution in [0.2, 0.25) is 0 Å². The number of nitrogens with zero attached hydrogens (tertiary/aromatic N) is 5. The number of amides is 1. The van der Waals surface area contributed by atoms with Gasteiger partial charge >= 0.3 is 12.4 Å². The Balaban J connectivity index is 1.58. The van der Waals surface area contributed by atoms with Gasteiger partial charge in [-0.25, -0.2) is 4.98 Å². The maximum atomic E-state index is 13.8. The van der Waals surface area contributed by atoms with Crippen molar-refractivity contribution >= 4 is 11.6 Å². The lowest BCUT2D eigenvalue weighted by Crippen LogP contribution is -2.42. The molecule has 192 valence electrons. The van der Waals surface area contributed by atoms with Gasteiger partial charge in [-0.3, -0.25) is 9.48 Å². The molecule has 1 aliphatic rings. The summed E-state index contributed by atoms with van der Waals surface area (Å²) in [5.74, 6) is -1.71. The van der Waals surface area contributed by atoms with Crippen LogP contribution in [0.25, 0.3) is 11.3 Å². The minimum absolute atomic E-state index is 0.0292. The molecule has 1 aliphatic heterocycles. The maximum absolute atomic E-state index is 13.8. The van der Waals surface area contributed by atoms with E-state index in [0.29, 0.717) is 5.56 Å². The molecule has 3 heterocycles. The third-order valence-electron chi connectivity index (χ3n) is 6.18. The molecule has 1 atom stereocenters. The Labute approximate surface area is 206 Å². The Morgan fingerprint density at radius 2 is 1.59 bits per heavy atom. The molecule has 0 aliphatic carbocycles. The van der Waals surface area contributed by atoms with Crippen molar-refractivity contribution < 1.29 is 31.1 Å².